The van der Waals surface area contributed by atoms with Gasteiger partial charge in [-0.25, -0.2) is 4.39 Å². The second-order valence-corrected chi connectivity index (χ2v) is 17.5. The molecule has 11 nitrogen and oxygen atoms in total. The number of rotatable bonds is 14. The van der Waals surface area contributed by atoms with E-state index in [4.69, 9.17) is 15.2 Å². The van der Waals surface area contributed by atoms with Crippen LogP contribution in [0.2, 0.25) is 0 Å². The van der Waals surface area contributed by atoms with Crippen molar-refractivity contribution in [2.45, 2.75) is 102 Å². The molecule has 4 N–H and O–H groups in total. The molecule has 0 saturated heterocycles. The Labute approximate surface area is 343 Å². The van der Waals surface area contributed by atoms with E-state index in [9.17, 15) is 34.2 Å². The number of aliphatic hydroxyl groups excluding tert-OH is 1. The zero-order valence-corrected chi connectivity index (χ0v) is 33.8. The Balaban J connectivity index is 0.895. The lowest BCUT2D eigenvalue weighted by Gasteiger charge is -2.62. The molecular formula is C47H53FN2O9. The van der Waals surface area contributed by atoms with Crippen molar-refractivity contribution in [3.05, 3.63) is 101 Å². The number of aliphatic hydroxyl groups is 2. The first-order chi connectivity index (χ1) is 28.0. The Hall–Kier alpha value is -4.91. The van der Waals surface area contributed by atoms with Crippen LogP contribution in [0.5, 0.6) is 0 Å². The van der Waals surface area contributed by atoms with Gasteiger partial charge in [0.25, 0.3) is 0 Å². The summed E-state index contributed by atoms with van der Waals surface area (Å²) < 4.78 is 28.1. The second kappa shape index (κ2) is 16.3. The van der Waals surface area contributed by atoms with Gasteiger partial charge in [-0.2, -0.15) is 0 Å². The molecular weight excluding hydrogens is 756 g/mol. The molecule has 0 amide bonds. The summed E-state index contributed by atoms with van der Waals surface area (Å²) in [6.45, 7) is 4.68. The van der Waals surface area contributed by atoms with Gasteiger partial charge < -0.3 is 25.4 Å². The monoisotopic (exact) mass is 808 g/mol. The molecule has 12 heteroatoms. The van der Waals surface area contributed by atoms with Crippen LogP contribution >= 0.6 is 0 Å². The summed E-state index contributed by atoms with van der Waals surface area (Å²) in [7, 11) is 0. The maximum atomic E-state index is 17.5. The second-order valence-electron chi connectivity index (χ2n) is 17.5. The molecule has 3 fully saturated rings. The largest absolute Gasteiger partial charge is 0.461 e. The molecule has 3 aromatic rings. The van der Waals surface area contributed by atoms with Gasteiger partial charge in [-0.3, -0.25) is 29.0 Å². The molecule has 0 spiro atoms. The van der Waals surface area contributed by atoms with E-state index in [1.807, 2.05) is 36.4 Å². The lowest BCUT2D eigenvalue weighted by Crippen LogP contribution is -2.69. The molecule has 0 aliphatic heterocycles. The van der Waals surface area contributed by atoms with Crippen LogP contribution in [0.15, 0.2) is 84.7 Å². The van der Waals surface area contributed by atoms with Crippen molar-refractivity contribution in [2.24, 2.45) is 34.3 Å². The van der Waals surface area contributed by atoms with Crippen LogP contribution in [-0.2, 0) is 46.5 Å². The normalized spacial score (nSPS) is 31.4. The number of hydrogen-bond donors (Lipinski definition) is 3. The molecule has 3 saturated carbocycles. The number of alkyl halides is 1. The molecule has 4 aliphatic rings. The third-order valence-corrected chi connectivity index (χ3v) is 14.3. The minimum Gasteiger partial charge on any atom is -0.461 e. The maximum Gasteiger partial charge on any atom is 0.306 e. The average molecular weight is 809 g/mol. The van der Waals surface area contributed by atoms with Gasteiger partial charge in [0.15, 0.2) is 18.1 Å². The SMILES string of the molecule is C[C@@H]1C[C@H]2[C@@H]3CCC4=CC(=O)C=C[C@]4(C)[C@@]3(F)[C@@H](O)C[C@]2(C)[C@@]1(O)C(=O)COC(=O)CCC(=O)OCc1ccc([C@@H](CCN)C(=O)Cc2ccc3cnccc3c2)cc1. The summed E-state index contributed by atoms with van der Waals surface area (Å²) in [5.74, 6) is -4.54. The van der Waals surface area contributed by atoms with Crippen LogP contribution in [0.4, 0.5) is 4.39 Å². The highest BCUT2D eigenvalue weighted by atomic mass is 19.1. The van der Waals surface area contributed by atoms with Crippen molar-refractivity contribution < 1.29 is 48.0 Å². The molecule has 0 radical (unpaired) electrons. The van der Waals surface area contributed by atoms with E-state index in [1.165, 1.54) is 12.2 Å². The summed E-state index contributed by atoms with van der Waals surface area (Å²) in [5, 5.41) is 25.7. The highest BCUT2D eigenvalue weighted by Crippen LogP contribution is 2.70. The lowest BCUT2D eigenvalue weighted by molar-refractivity contribution is -0.220. The molecule has 0 bridgehead atoms. The van der Waals surface area contributed by atoms with Crippen molar-refractivity contribution in [3.8, 4) is 0 Å². The highest BCUT2D eigenvalue weighted by Gasteiger charge is 2.75. The molecule has 9 atom stereocenters. The molecule has 312 valence electrons. The van der Waals surface area contributed by atoms with Crippen LogP contribution in [0.3, 0.4) is 0 Å². The fourth-order valence-corrected chi connectivity index (χ4v) is 11.0. The number of Topliss-reactive ketones (excluding diaryl/α,β-unsaturated/α-hetero) is 2. The van der Waals surface area contributed by atoms with Crippen molar-refractivity contribution >= 4 is 40.1 Å². The van der Waals surface area contributed by atoms with Crippen molar-refractivity contribution in [1.29, 1.82) is 0 Å². The van der Waals surface area contributed by atoms with Gasteiger partial charge in [-0.15, -0.1) is 0 Å². The number of pyridine rings is 1. The van der Waals surface area contributed by atoms with Crippen LogP contribution in [0.25, 0.3) is 10.8 Å². The number of allylic oxidation sites excluding steroid dienone is 4. The standard InChI is InChI=1S/C47H53FN2O9/c1-28-20-38-37-11-10-34-23-35(51)14-17-44(34,2)46(37,48)40(53)24-45(38,3)47(28,57)41(54)27-59-43(56)13-12-42(55)58-26-29-4-7-31(8-5-29)36(15-18-49)39(52)22-30-6-9-33-25-50-19-16-32(33)21-30/h4-9,14,16-17,19,21,23,25,28,36-38,40,53,57H,10-13,15,18,20,22,24,26-27,49H2,1-3H3/t28-,36-,37+,38+,40+,44+,45+,46+,47+/m1/s1. The molecule has 2 aromatic carbocycles. The van der Waals surface area contributed by atoms with Crippen LogP contribution in [0, 0.1) is 28.6 Å². The van der Waals surface area contributed by atoms with Gasteiger partial charge >= 0.3 is 11.9 Å². The summed E-state index contributed by atoms with van der Waals surface area (Å²) in [6, 6.07) is 15.0. The van der Waals surface area contributed by atoms with Gasteiger partial charge in [-0.1, -0.05) is 68.0 Å². The fraction of sp³-hybridized carbons (Fsp3) is 0.489. The van der Waals surface area contributed by atoms with Gasteiger partial charge in [0.2, 0.25) is 5.78 Å². The first-order valence-corrected chi connectivity index (χ1v) is 20.6. The molecule has 0 unspecified atom stereocenters. The number of aromatic nitrogens is 1. The number of nitrogens with zero attached hydrogens (tertiary/aromatic N) is 1. The highest BCUT2D eigenvalue weighted by molar-refractivity contribution is 6.01. The first kappa shape index (κ1) is 42.2. The lowest BCUT2D eigenvalue weighted by atomic mass is 9.44. The van der Waals surface area contributed by atoms with Gasteiger partial charge in [-0.05, 0) is 97.7 Å². The van der Waals surface area contributed by atoms with Gasteiger partial charge in [0.1, 0.15) is 18.0 Å². The van der Waals surface area contributed by atoms with E-state index >= 15 is 4.39 Å². The third-order valence-electron chi connectivity index (χ3n) is 14.3. The molecule has 59 heavy (non-hydrogen) atoms. The van der Waals surface area contributed by atoms with Crippen molar-refractivity contribution in [2.75, 3.05) is 13.2 Å². The topological polar surface area (TPSA) is 183 Å². The number of ketones is 3. The minimum atomic E-state index is -2.11. The predicted molar refractivity (Wildman–Crippen MR) is 216 cm³/mol. The van der Waals surface area contributed by atoms with Crippen molar-refractivity contribution in [1.82, 2.24) is 4.98 Å². The molecule has 7 rings (SSSR count). The number of nitrogens with two attached hydrogens (primary N) is 1. The molecule has 4 aliphatic carbocycles. The van der Waals surface area contributed by atoms with Crippen LogP contribution in [0.1, 0.15) is 88.3 Å². The number of carbonyl (C=O) groups excluding carboxylic acids is 5. The van der Waals surface area contributed by atoms with Gasteiger partial charge in [0, 0.05) is 46.9 Å². The zero-order valence-electron chi connectivity index (χ0n) is 33.8. The average Bonchev–Trinajstić information content (AvgIpc) is 3.42. The van der Waals surface area contributed by atoms with E-state index in [-0.39, 0.29) is 43.9 Å². The third kappa shape index (κ3) is 7.37. The Kier molecular flexibility index (Phi) is 11.6. The smallest absolute Gasteiger partial charge is 0.306 e. The van der Waals surface area contributed by atoms with Crippen LogP contribution < -0.4 is 5.73 Å². The number of carbonyl (C=O) groups is 5. The number of halogens is 1. The quantitative estimate of drug-likeness (QED) is 0.168. The predicted octanol–water partition coefficient (Wildman–Crippen LogP) is 5.76. The summed E-state index contributed by atoms with van der Waals surface area (Å²) in [5.41, 5.74) is 2.40. The summed E-state index contributed by atoms with van der Waals surface area (Å²) in [4.78, 5) is 68.8. The number of hydrogen-bond acceptors (Lipinski definition) is 11. The van der Waals surface area contributed by atoms with Crippen LogP contribution in [-0.4, -0.2) is 75.0 Å². The Morgan fingerprint density at radius 1 is 0.983 bits per heavy atom. The Bertz CT molecular complexity index is 2220. The van der Waals surface area contributed by atoms with E-state index in [0.717, 1.165) is 21.9 Å². The van der Waals surface area contributed by atoms with E-state index in [2.05, 4.69) is 4.98 Å². The Morgan fingerprint density at radius 2 is 1.69 bits per heavy atom. The number of fused-ring (bicyclic) bond motifs is 6. The first-order valence-electron chi connectivity index (χ1n) is 20.6. The molecule has 1 heterocycles. The van der Waals surface area contributed by atoms with E-state index < -0.39 is 76.2 Å². The zero-order chi connectivity index (χ0) is 42.3. The van der Waals surface area contributed by atoms with E-state index in [1.54, 1.807) is 51.4 Å². The number of esters is 2. The van der Waals surface area contributed by atoms with Crippen molar-refractivity contribution in [3.63, 3.8) is 0 Å². The summed E-state index contributed by atoms with van der Waals surface area (Å²) in [6.07, 6.45) is 7.36. The summed E-state index contributed by atoms with van der Waals surface area (Å²) >= 11 is 0. The minimum absolute atomic E-state index is 0.0465. The number of benzene rings is 2. The van der Waals surface area contributed by atoms with E-state index in [0.29, 0.717) is 43.4 Å². The fourth-order valence-electron chi connectivity index (χ4n) is 11.0. The number of ether oxygens (including phenoxy) is 2. The van der Waals surface area contributed by atoms with Gasteiger partial charge in [0.05, 0.1) is 18.9 Å². The maximum absolute atomic E-state index is 17.5. The molecule has 1 aromatic heterocycles. The Morgan fingerprint density at radius 3 is 2.42 bits per heavy atom.